The molecule has 0 saturated heterocycles. The number of nitrogens with zero attached hydrogens (tertiary/aromatic N) is 4. The first kappa shape index (κ1) is 15.6. The predicted molar refractivity (Wildman–Crippen MR) is 79.1 cm³/mol. The van der Waals surface area contributed by atoms with E-state index in [1.807, 2.05) is 32.8 Å². The zero-order chi connectivity index (χ0) is 15.4. The summed E-state index contributed by atoms with van der Waals surface area (Å²) < 4.78 is 5.08. The minimum absolute atomic E-state index is 0.175. The van der Waals surface area contributed by atoms with Crippen LogP contribution >= 0.6 is 11.3 Å². The van der Waals surface area contributed by atoms with Gasteiger partial charge in [0.05, 0.1) is 6.54 Å². The highest BCUT2D eigenvalue weighted by molar-refractivity contribution is 7.09. The molecule has 114 valence electrons. The molecule has 0 aliphatic heterocycles. The monoisotopic (exact) mass is 309 g/mol. The van der Waals surface area contributed by atoms with Gasteiger partial charge in [-0.05, 0) is 14.1 Å². The third kappa shape index (κ3) is 4.33. The second kappa shape index (κ2) is 6.77. The number of amides is 1. The number of thiazole rings is 1. The molecular formula is C13H19N5O2S. The normalized spacial score (nSPS) is 11.3. The van der Waals surface area contributed by atoms with Gasteiger partial charge in [-0.15, -0.1) is 11.3 Å². The Morgan fingerprint density at radius 2 is 2.19 bits per heavy atom. The Hall–Kier alpha value is -1.80. The summed E-state index contributed by atoms with van der Waals surface area (Å²) in [6.07, 6.45) is 0. The molecule has 0 atom stereocenters. The molecule has 0 radical (unpaired) electrons. The molecule has 1 amide bonds. The maximum Gasteiger partial charge on any atom is 0.271 e. The minimum Gasteiger partial charge on any atom is -0.343 e. The molecule has 0 saturated carbocycles. The number of nitrogens with one attached hydrogen (secondary N) is 1. The second-order valence-corrected chi connectivity index (χ2v) is 6.19. The predicted octanol–water partition coefficient (Wildman–Crippen LogP) is 1.64. The van der Waals surface area contributed by atoms with Crippen LogP contribution in [0.15, 0.2) is 9.90 Å². The summed E-state index contributed by atoms with van der Waals surface area (Å²) >= 11 is 1.47. The van der Waals surface area contributed by atoms with Crippen molar-refractivity contribution in [2.75, 3.05) is 14.1 Å². The number of carbonyl (C=O) groups excluding carboxylic acids is 1. The molecule has 8 heteroatoms. The van der Waals surface area contributed by atoms with E-state index in [0.717, 1.165) is 11.6 Å². The zero-order valence-corrected chi connectivity index (χ0v) is 13.4. The lowest BCUT2D eigenvalue weighted by atomic mass is 10.2. The van der Waals surface area contributed by atoms with Crippen LogP contribution in [0.3, 0.4) is 0 Å². The molecule has 0 fully saturated rings. The third-order valence-corrected chi connectivity index (χ3v) is 3.45. The van der Waals surface area contributed by atoms with Gasteiger partial charge in [-0.2, -0.15) is 4.98 Å². The van der Waals surface area contributed by atoms with Gasteiger partial charge < -0.3 is 14.7 Å². The first-order valence-corrected chi connectivity index (χ1v) is 7.53. The Balaban J connectivity index is 1.90. The first-order valence-electron chi connectivity index (χ1n) is 6.65. The average molecular weight is 309 g/mol. The number of carbonyl (C=O) groups is 1. The topological polar surface area (TPSA) is 84.2 Å². The quantitative estimate of drug-likeness (QED) is 0.873. The molecule has 2 aromatic rings. The van der Waals surface area contributed by atoms with Crippen molar-refractivity contribution in [3.63, 3.8) is 0 Å². The minimum atomic E-state index is -0.229. The fourth-order valence-electron chi connectivity index (χ4n) is 1.58. The van der Waals surface area contributed by atoms with E-state index in [-0.39, 0.29) is 18.4 Å². The van der Waals surface area contributed by atoms with Gasteiger partial charge >= 0.3 is 0 Å². The Bertz CT molecular complexity index is 605. The summed E-state index contributed by atoms with van der Waals surface area (Å²) in [6.45, 7) is 4.89. The lowest BCUT2D eigenvalue weighted by Crippen LogP contribution is -2.24. The molecule has 21 heavy (non-hydrogen) atoms. The first-order chi connectivity index (χ1) is 9.95. The number of aromatic nitrogens is 3. The van der Waals surface area contributed by atoms with E-state index in [4.69, 9.17) is 4.52 Å². The molecule has 2 rings (SSSR count). The zero-order valence-electron chi connectivity index (χ0n) is 12.6. The smallest absolute Gasteiger partial charge is 0.271 e. The van der Waals surface area contributed by atoms with Gasteiger partial charge in [0.15, 0.2) is 5.82 Å². The van der Waals surface area contributed by atoms with Crippen LogP contribution in [-0.4, -0.2) is 40.0 Å². The fourth-order valence-corrected chi connectivity index (χ4v) is 2.47. The van der Waals surface area contributed by atoms with Gasteiger partial charge in [0, 0.05) is 17.8 Å². The third-order valence-electron chi connectivity index (χ3n) is 2.62. The molecule has 2 heterocycles. The molecule has 7 nitrogen and oxygen atoms in total. The SMILES string of the molecule is CC(C)c1nc(CNC(=O)c2csc(CN(C)C)n2)no1. The van der Waals surface area contributed by atoms with Crippen molar-refractivity contribution < 1.29 is 9.32 Å². The molecule has 0 bridgehead atoms. The Labute approximate surface area is 127 Å². The maximum atomic E-state index is 12.0. The van der Waals surface area contributed by atoms with Crippen LogP contribution in [-0.2, 0) is 13.1 Å². The summed E-state index contributed by atoms with van der Waals surface area (Å²) in [7, 11) is 3.92. The van der Waals surface area contributed by atoms with E-state index in [1.165, 1.54) is 11.3 Å². The highest BCUT2D eigenvalue weighted by Crippen LogP contribution is 2.12. The van der Waals surface area contributed by atoms with E-state index in [2.05, 4.69) is 20.4 Å². The Kier molecular flexibility index (Phi) is 5.03. The molecule has 0 spiro atoms. The van der Waals surface area contributed by atoms with Crippen LogP contribution in [0.4, 0.5) is 0 Å². The summed E-state index contributed by atoms with van der Waals surface area (Å²) in [4.78, 5) is 22.5. The van der Waals surface area contributed by atoms with Crippen molar-refractivity contribution >= 4 is 17.2 Å². The van der Waals surface area contributed by atoms with Crippen molar-refractivity contribution in [3.8, 4) is 0 Å². The Morgan fingerprint density at radius 1 is 1.43 bits per heavy atom. The van der Waals surface area contributed by atoms with Crippen LogP contribution in [0, 0.1) is 0 Å². The van der Waals surface area contributed by atoms with Crippen LogP contribution in [0.2, 0.25) is 0 Å². The number of rotatable bonds is 6. The van der Waals surface area contributed by atoms with Crippen LogP contribution in [0.5, 0.6) is 0 Å². The summed E-state index contributed by atoms with van der Waals surface area (Å²) in [5, 5.41) is 9.23. The van der Waals surface area contributed by atoms with Crippen molar-refractivity contribution in [1.29, 1.82) is 0 Å². The van der Waals surface area contributed by atoms with Crippen molar-refractivity contribution in [1.82, 2.24) is 25.3 Å². The molecule has 2 aromatic heterocycles. The highest BCUT2D eigenvalue weighted by Gasteiger charge is 2.14. The van der Waals surface area contributed by atoms with Gasteiger partial charge in [-0.3, -0.25) is 4.79 Å². The summed E-state index contributed by atoms with van der Waals surface area (Å²) in [5.74, 6) is 0.984. The molecule has 0 aromatic carbocycles. The molecule has 1 N–H and O–H groups in total. The van der Waals surface area contributed by atoms with Gasteiger partial charge in [0.25, 0.3) is 5.91 Å². The second-order valence-electron chi connectivity index (χ2n) is 5.25. The van der Waals surface area contributed by atoms with Crippen molar-refractivity contribution in [2.45, 2.75) is 32.9 Å². The van der Waals surface area contributed by atoms with E-state index < -0.39 is 0 Å². The van der Waals surface area contributed by atoms with Gasteiger partial charge in [0.1, 0.15) is 10.7 Å². The number of hydrogen-bond donors (Lipinski definition) is 1. The summed E-state index contributed by atoms with van der Waals surface area (Å²) in [5.41, 5.74) is 0.421. The van der Waals surface area contributed by atoms with Gasteiger partial charge in [-0.1, -0.05) is 19.0 Å². The lowest BCUT2D eigenvalue weighted by Gasteiger charge is -2.05. The van der Waals surface area contributed by atoms with Crippen LogP contribution in [0.25, 0.3) is 0 Å². The average Bonchev–Trinajstić information content (AvgIpc) is 3.04. The highest BCUT2D eigenvalue weighted by atomic mass is 32.1. The molecule has 0 unspecified atom stereocenters. The molecule has 0 aliphatic rings. The van der Waals surface area contributed by atoms with Crippen molar-refractivity contribution in [2.24, 2.45) is 0 Å². The fraction of sp³-hybridized carbons (Fsp3) is 0.538. The molecule has 0 aliphatic carbocycles. The van der Waals surface area contributed by atoms with E-state index in [1.54, 1.807) is 5.38 Å². The Morgan fingerprint density at radius 3 is 2.81 bits per heavy atom. The van der Waals surface area contributed by atoms with E-state index >= 15 is 0 Å². The summed E-state index contributed by atoms with van der Waals surface area (Å²) in [6, 6.07) is 0. The van der Waals surface area contributed by atoms with Gasteiger partial charge in [-0.25, -0.2) is 4.98 Å². The molecular weight excluding hydrogens is 290 g/mol. The van der Waals surface area contributed by atoms with Crippen LogP contribution in [0.1, 0.15) is 47.0 Å². The maximum absolute atomic E-state index is 12.0. The van der Waals surface area contributed by atoms with E-state index in [0.29, 0.717) is 17.4 Å². The number of hydrogen-bond acceptors (Lipinski definition) is 7. The van der Waals surface area contributed by atoms with Crippen molar-refractivity contribution in [3.05, 3.63) is 27.8 Å². The standard InChI is InChI=1S/C13H19N5O2S/c1-8(2)13-16-10(17-20-13)5-14-12(19)9-7-21-11(15-9)6-18(3)4/h7-8H,5-6H2,1-4H3,(H,14,19). The lowest BCUT2D eigenvalue weighted by molar-refractivity contribution is 0.0945. The largest absolute Gasteiger partial charge is 0.343 e. The van der Waals surface area contributed by atoms with E-state index in [9.17, 15) is 4.79 Å². The van der Waals surface area contributed by atoms with Crippen LogP contribution < -0.4 is 5.32 Å². The van der Waals surface area contributed by atoms with Gasteiger partial charge in [0.2, 0.25) is 5.89 Å².